The first-order chi connectivity index (χ1) is 9.08. The normalized spacial score (nSPS) is 9.53. The van der Waals surface area contributed by atoms with Crippen LogP contribution >= 0.6 is 0 Å². The van der Waals surface area contributed by atoms with Crippen LogP contribution < -0.4 is 0 Å². The Labute approximate surface area is 110 Å². The van der Waals surface area contributed by atoms with Gasteiger partial charge in [-0.05, 0) is 12.5 Å². The van der Waals surface area contributed by atoms with Gasteiger partial charge in [0.05, 0.1) is 6.61 Å². The Morgan fingerprint density at radius 2 is 1.79 bits per heavy atom. The summed E-state index contributed by atoms with van der Waals surface area (Å²) in [5.74, 6) is -2.10. The van der Waals surface area contributed by atoms with Gasteiger partial charge in [-0.25, -0.2) is 9.59 Å². The van der Waals surface area contributed by atoms with Crippen LogP contribution in [0.2, 0.25) is 0 Å². The molecule has 1 aromatic carbocycles. The third-order valence-electron chi connectivity index (χ3n) is 2.22. The topological polar surface area (TPSA) is 69.7 Å². The van der Waals surface area contributed by atoms with Gasteiger partial charge < -0.3 is 9.47 Å². The third-order valence-corrected chi connectivity index (χ3v) is 2.22. The zero-order valence-electron chi connectivity index (χ0n) is 10.5. The predicted molar refractivity (Wildman–Crippen MR) is 67.4 cm³/mol. The monoisotopic (exact) mass is 262 g/mol. The summed E-state index contributed by atoms with van der Waals surface area (Å²) in [4.78, 5) is 33.7. The van der Waals surface area contributed by atoms with Crippen molar-refractivity contribution < 1.29 is 23.9 Å². The van der Waals surface area contributed by atoms with E-state index in [4.69, 9.17) is 4.74 Å². The summed E-state index contributed by atoms with van der Waals surface area (Å²) in [5.41, 5.74) is 0.938. The molecular weight excluding hydrogens is 248 g/mol. The van der Waals surface area contributed by atoms with E-state index in [1.807, 2.05) is 0 Å². The van der Waals surface area contributed by atoms with Crippen LogP contribution in [0.5, 0.6) is 0 Å². The number of esters is 2. The minimum atomic E-state index is -0.881. The SMILES string of the molecule is C=CC(=O)OCc1ccc(C(=O)C(=O)OCC)cc1. The molecule has 100 valence electrons. The molecule has 0 bridgehead atoms. The fourth-order valence-corrected chi connectivity index (χ4v) is 1.28. The van der Waals surface area contributed by atoms with Gasteiger partial charge in [-0.3, -0.25) is 4.79 Å². The van der Waals surface area contributed by atoms with Crippen LogP contribution in [0.25, 0.3) is 0 Å². The highest BCUT2D eigenvalue weighted by Gasteiger charge is 2.16. The molecule has 0 N–H and O–H groups in total. The molecule has 0 aliphatic heterocycles. The lowest BCUT2D eigenvalue weighted by molar-refractivity contribution is -0.139. The van der Waals surface area contributed by atoms with E-state index >= 15 is 0 Å². The van der Waals surface area contributed by atoms with Crippen LogP contribution in [0.15, 0.2) is 36.9 Å². The van der Waals surface area contributed by atoms with Crippen molar-refractivity contribution in [2.75, 3.05) is 6.61 Å². The Balaban J connectivity index is 2.65. The third kappa shape index (κ3) is 4.39. The summed E-state index contributed by atoms with van der Waals surface area (Å²) < 4.78 is 9.44. The quantitative estimate of drug-likeness (QED) is 0.337. The summed E-state index contributed by atoms with van der Waals surface area (Å²) in [7, 11) is 0. The lowest BCUT2D eigenvalue weighted by atomic mass is 10.1. The maximum Gasteiger partial charge on any atom is 0.379 e. The second-order valence-electron chi connectivity index (χ2n) is 3.56. The predicted octanol–water partition coefficient (Wildman–Crippen LogP) is 1.66. The average Bonchev–Trinajstić information content (AvgIpc) is 2.44. The Kier molecular flexibility index (Phi) is 5.47. The van der Waals surface area contributed by atoms with Gasteiger partial charge in [0.2, 0.25) is 0 Å². The largest absolute Gasteiger partial charge is 0.460 e. The van der Waals surface area contributed by atoms with E-state index in [-0.39, 0.29) is 18.8 Å². The van der Waals surface area contributed by atoms with E-state index in [0.717, 1.165) is 6.08 Å². The van der Waals surface area contributed by atoms with E-state index in [0.29, 0.717) is 5.56 Å². The van der Waals surface area contributed by atoms with Gasteiger partial charge in [0.15, 0.2) is 0 Å². The number of rotatable bonds is 6. The molecule has 1 rings (SSSR count). The van der Waals surface area contributed by atoms with Gasteiger partial charge in [0.1, 0.15) is 6.61 Å². The van der Waals surface area contributed by atoms with Crippen LogP contribution in [0.4, 0.5) is 0 Å². The number of hydrogen-bond acceptors (Lipinski definition) is 5. The molecule has 0 amide bonds. The molecule has 0 fully saturated rings. The molecule has 0 aliphatic carbocycles. The Morgan fingerprint density at radius 3 is 2.32 bits per heavy atom. The van der Waals surface area contributed by atoms with Crippen molar-refractivity contribution in [1.82, 2.24) is 0 Å². The van der Waals surface area contributed by atoms with Crippen LogP contribution in [0.1, 0.15) is 22.8 Å². The first-order valence-electron chi connectivity index (χ1n) is 5.68. The molecular formula is C14H14O5. The number of carbonyl (C=O) groups is 3. The number of benzene rings is 1. The first kappa shape index (κ1) is 14.6. The maximum atomic E-state index is 11.6. The van der Waals surface area contributed by atoms with Crippen LogP contribution in [0.3, 0.4) is 0 Å². The maximum absolute atomic E-state index is 11.6. The molecule has 0 heterocycles. The fourth-order valence-electron chi connectivity index (χ4n) is 1.28. The number of ketones is 1. The number of carbonyl (C=O) groups excluding carboxylic acids is 3. The molecule has 0 saturated heterocycles. The number of hydrogen-bond donors (Lipinski definition) is 0. The molecule has 0 aliphatic rings. The van der Waals surface area contributed by atoms with Crippen molar-refractivity contribution in [2.24, 2.45) is 0 Å². The summed E-state index contributed by atoms with van der Waals surface area (Å²) >= 11 is 0. The second kappa shape index (κ2) is 7.10. The standard InChI is InChI=1S/C14H14O5/c1-3-12(15)19-9-10-5-7-11(8-6-10)13(16)14(17)18-4-2/h3,5-8H,1,4,9H2,2H3. The van der Waals surface area contributed by atoms with Gasteiger partial charge in [0.25, 0.3) is 5.78 Å². The zero-order chi connectivity index (χ0) is 14.3. The van der Waals surface area contributed by atoms with Gasteiger partial charge in [-0.2, -0.15) is 0 Å². The highest BCUT2D eigenvalue weighted by Crippen LogP contribution is 2.07. The van der Waals surface area contributed by atoms with Crippen molar-refractivity contribution in [3.63, 3.8) is 0 Å². The summed E-state index contributed by atoms with van der Waals surface area (Å²) in [6.45, 7) is 5.14. The van der Waals surface area contributed by atoms with Crippen LogP contribution in [-0.4, -0.2) is 24.3 Å². The zero-order valence-corrected chi connectivity index (χ0v) is 10.5. The molecule has 0 spiro atoms. The highest BCUT2D eigenvalue weighted by molar-refractivity contribution is 6.40. The van der Waals surface area contributed by atoms with Gasteiger partial charge in [-0.15, -0.1) is 0 Å². The highest BCUT2D eigenvalue weighted by atomic mass is 16.5. The first-order valence-corrected chi connectivity index (χ1v) is 5.68. The average molecular weight is 262 g/mol. The van der Waals surface area contributed by atoms with E-state index in [1.54, 1.807) is 19.1 Å². The van der Waals surface area contributed by atoms with E-state index in [9.17, 15) is 14.4 Å². The molecule has 1 aromatic rings. The fraction of sp³-hybridized carbons (Fsp3) is 0.214. The Hall–Kier alpha value is -2.43. The van der Waals surface area contributed by atoms with Gasteiger partial charge in [-0.1, -0.05) is 30.8 Å². The molecule has 0 atom stereocenters. The van der Waals surface area contributed by atoms with E-state index in [2.05, 4.69) is 11.3 Å². The Bertz CT molecular complexity index is 487. The lowest BCUT2D eigenvalue weighted by Crippen LogP contribution is -2.17. The minimum absolute atomic E-state index is 0.0821. The smallest absolute Gasteiger partial charge is 0.379 e. The minimum Gasteiger partial charge on any atom is -0.460 e. The number of ether oxygens (including phenoxy) is 2. The lowest BCUT2D eigenvalue weighted by Gasteiger charge is -2.04. The molecule has 0 saturated carbocycles. The molecule has 0 radical (unpaired) electrons. The molecule has 0 aromatic heterocycles. The van der Waals surface area contributed by atoms with E-state index in [1.165, 1.54) is 12.1 Å². The summed E-state index contributed by atoms with van der Waals surface area (Å²) in [6, 6.07) is 6.17. The number of Topliss-reactive ketones (excluding diaryl/α,β-unsaturated/α-hetero) is 1. The van der Waals surface area contributed by atoms with Crippen molar-refractivity contribution in [3.8, 4) is 0 Å². The second-order valence-corrected chi connectivity index (χ2v) is 3.56. The molecule has 19 heavy (non-hydrogen) atoms. The van der Waals surface area contributed by atoms with Crippen molar-refractivity contribution >= 4 is 17.7 Å². The van der Waals surface area contributed by atoms with E-state index < -0.39 is 17.7 Å². The molecule has 5 heteroatoms. The summed E-state index contributed by atoms with van der Waals surface area (Å²) in [5, 5.41) is 0. The van der Waals surface area contributed by atoms with Gasteiger partial charge >= 0.3 is 11.9 Å². The summed E-state index contributed by atoms with van der Waals surface area (Å²) in [6.07, 6.45) is 1.07. The van der Waals surface area contributed by atoms with Crippen molar-refractivity contribution in [1.29, 1.82) is 0 Å². The van der Waals surface area contributed by atoms with Crippen molar-refractivity contribution in [2.45, 2.75) is 13.5 Å². The van der Waals surface area contributed by atoms with Gasteiger partial charge in [0, 0.05) is 11.6 Å². The van der Waals surface area contributed by atoms with Crippen LogP contribution in [-0.2, 0) is 25.7 Å². The molecule has 0 unspecified atom stereocenters. The Morgan fingerprint density at radius 1 is 1.16 bits per heavy atom. The molecule has 5 nitrogen and oxygen atoms in total. The van der Waals surface area contributed by atoms with Crippen molar-refractivity contribution in [3.05, 3.63) is 48.0 Å². The van der Waals surface area contributed by atoms with Crippen LogP contribution in [0, 0.1) is 0 Å².